The van der Waals surface area contributed by atoms with Crippen LogP contribution in [0.2, 0.25) is 0 Å². The van der Waals surface area contributed by atoms with Crippen LogP contribution in [0.1, 0.15) is 17.5 Å². The van der Waals surface area contributed by atoms with E-state index in [-0.39, 0.29) is 24.8 Å². The third-order valence-electron chi connectivity index (χ3n) is 3.48. The summed E-state index contributed by atoms with van der Waals surface area (Å²) in [7, 11) is 0. The molecule has 0 saturated heterocycles. The number of halogens is 2. The third-order valence-corrected chi connectivity index (χ3v) is 4.24. The van der Waals surface area contributed by atoms with Crippen molar-refractivity contribution in [1.82, 2.24) is 0 Å². The van der Waals surface area contributed by atoms with E-state index in [1.54, 1.807) is 0 Å². The molecule has 0 bridgehead atoms. The number of rotatable bonds is 1. The van der Waals surface area contributed by atoms with Gasteiger partial charge in [0.05, 0.1) is 0 Å². The van der Waals surface area contributed by atoms with Crippen LogP contribution in [0.25, 0.3) is 10.8 Å². The van der Waals surface area contributed by atoms with Crippen molar-refractivity contribution in [2.24, 2.45) is 0 Å². The Balaban J connectivity index is 0.000000345. The van der Waals surface area contributed by atoms with Crippen molar-refractivity contribution >= 4 is 14.5 Å². The van der Waals surface area contributed by atoms with E-state index in [0.717, 1.165) is 6.42 Å². The van der Waals surface area contributed by atoms with Crippen molar-refractivity contribution in [2.75, 3.05) is 0 Å². The third kappa shape index (κ3) is 8.68. The largest absolute Gasteiger partial charge is 1.00 e. The summed E-state index contributed by atoms with van der Waals surface area (Å²) in [6.07, 6.45) is 10.0. The van der Waals surface area contributed by atoms with E-state index in [0.29, 0.717) is 0 Å². The molecule has 3 aromatic carbocycles. The summed E-state index contributed by atoms with van der Waals surface area (Å²) in [6.45, 7) is 2.13. The number of aryl methyl sites for hydroxylation is 1. The van der Waals surface area contributed by atoms with E-state index in [1.165, 1.54) is 46.1 Å². The molecule has 0 heterocycles. The topological polar surface area (TPSA) is 0 Å². The monoisotopic (exact) mass is 444 g/mol. The Morgan fingerprint density at radius 2 is 1.72 bits per heavy atom. The minimum atomic E-state index is 0. The molecule has 0 spiro atoms. The summed E-state index contributed by atoms with van der Waals surface area (Å²) in [4.78, 5) is 0. The van der Waals surface area contributed by atoms with Crippen molar-refractivity contribution in [3.05, 3.63) is 102 Å². The molecular weight excluding hydrogens is 426 g/mol. The molecule has 1 aliphatic carbocycles. The SMILES string of the molecule is Cc1ccccc1[CH]=[Zr+2].[C-]1=CC=CC1.[Cl-].[Cl-].c1ccc2[cH-]ccc2c1. The van der Waals surface area contributed by atoms with Crippen LogP contribution in [-0.2, 0) is 24.2 Å². The van der Waals surface area contributed by atoms with Crippen molar-refractivity contribution < 1.29 is 49.0 Å². The summed E-state index contributed by atoms with van der Waals surface area (Å²) in [5.74, 6) is 0. The molecule has 0 amide bonds. The van der Waals surface area contributed by atoms with Crippen LogP contribution in [0, 0.1) is 13.0 Å². The van der Waals surface area contributed by atoms with E-state index < -0.39 is 0 Å². The van der Waals surface area contributed by atoms with Crippen LogP contribution in [0.4, 0.5) is 0 Å². The van der Waals surface area contributed by atoms with E-state index in [1.807, 2.05) is 12.2 Å². The molecular formula is C22H20Cl2Zr-2. The maximum absolute atomic E-state index is 2.99. The van der Waals surface area contributed by atoms with Gasteiger partial charge in [-0.15, -0.1) is 36.1 Å². The van der Waals surface area contributed by atoms with Crippen LogP contribution in [0.3, 0.4) is 0 Å². The first-order valence-corrected chi connectivity index (χ1v) is 9.11. The molecule has 0 atom stereocenters. The van der Waals surface area contributed by atoms with Crippen LogP contribution < -0.4 is 24.8 Å². The Bertz CT molecular complexity index is 760. The predicted molar refractivity (Wildman–Crippen MR) is 97.5 cm³/mol. The van der Waals surface area contributed by atoms with E-state index in [2.05, 4.69) is 89.5 Å². The number of allylic oxidation sites excluding steroid dienone is 4. The Morgan fingerprint density at radius 3 is 2.24 bits per heavy atom. The van der Waals surface area contributed by atoms with Gasteiger partial charge in [0, 0.05) is 0 Å². The molecule has 0 aromatic heterocycles. The quantitative estimate of drug-likeness (QED) is 0.445. The second kappa shape index (κ2) is 14.1. The molecule has 0 fully saturated rings. The molecule has 0 radical (unpaired) electrons. The molecule has 3 aromatic rings. The molecule has 0 aliphatic heterocycles. The molecule has 0 N–H and O–H groups in total. The van der Waals surface area contributed by atoms with Crippen molar-refractivity contribution in [2.45, 2.75) is 13.3 Å². The molecule has 0 saturated carbocycles. The first kappa shape index (κ1) is 23.9. The second-order valence-electron chi connectivity index (χ2n) is 5.16. The zero-order chi connectivity index (χ0) is 16.3. The summed E-state index contributed by atoms with van der Waals surface area (Å²) in [5, 5.41) is 2.66. The van der Waals surface area contributed by atoms with Crippen molar-refractivity contribution in [1.29, 1.82) is 0 Å². The van der Waals surface area contributed by atoms with Gasteiger partial charge in [0.25, 0.3) is 0 Å². The molecule has 3 heteroatoms. The average Bonchev–Trinajstić information content (AvgIpc) is 3.30. The van der Waals surface area contributed by atoms with Gasteiger partial charge >= 0.3 is 70.3 Å². The first-order valence-electron chi connectivity index (χ1n) is 7.69. The second-order valence-corrected chi connectivity index (χ2v) is 5.87. The van der Waals surface area contributed by atoms with Gasteiger partial charge in [0.1, 0.15) is 0 Å². The summed E-state index contributed by atoms with van der Waals surface area (Å²) in [6, 6.07) is 23.1. The Labute approximate surface area is 178 Å². The summed E-state index contributed by atoms with van der Waals surface area (Å²) in [5.41, 5.74) is 2.74. The Kier molecular flexibility index (Phi) is 13.4. The minimum Gasteiger partial charge on any atom is -1.00 e. The van der Waals surface area contributed by atoms with E-state index >= 15 is 0 Å². The van der Waals surface area contributed by atoms with Crippen LogP contribution in [-0.4, -0.2) is 3.71 Å². The number of fused-ring (bicyclic) bond motifs is 1. The maximum atomic E-state index is 2.99. The van der Waals surface area contributed by atoms with Crippen LogP contribution in [0.5, 0.6) is 0 Å². The standard InChI is InChI=1S/C9H7.C8H8.C5H5.2ClH.Zr/c1-2-5-9-7-3-6-8(9)4-1;1-7-5-3-4-6-8(7)2;1-2-4-5-3-1;;;/h1-7H;1,3-6H,2H3;1-3H,4H2;2*1H;/q-1;;-1;;;+2/p-2. The molecule has 1 aliphatic rings. The molecule has 25 heavy (non-hydrogen) atoms. The molecule has 4 rings (SSSR count). The van der Waals surface area contributed by atoms with Gasteiger partial charge < -0.3 is 24.8 Å². The van der Waals surface area contributed by atoms with Crippen molar-refractivity contribution in [3.8, 4) is 0 Å². The first-order chi connectivity index (χ1) is 11.3. The van der Waals surface area contributed by atoms with Gasteiger partial charge in [-0.05, 0) is 0 Å². The smallest absolute Gasteiger partial charge is 0.0809 e. The maximum Gasteiger partial charge on any atom is -0.0809 e. The van der Waals surface area contributed by atoms with Gasteiger partial charge in [-0.3, -0.25) is 6.08 Å². The molecule has 128 valence electrons. The van der Waals surface area contributed by atoms with Gasteiger partial charge in [0.15, 0.2) is 0 Å². The fourth-order valence-corrected chi connectivity index (χ4v) is 2.95. The Morgan fingerprint density at radius 1 is 1.00 bits per heavy atom. The summed E-state index contributed by atoms with van der Waals surface area (Å²) >= 11 is 1.47. The molecule has 0 unspecified atom stereocenters. The van der Waals surface area contributed by atoms with Gasteiger partial charge in [0.2, 0.25) is 0 Å². The minimum absolute atomic E-state index is 0. The van der Waals surface area contributed by atoms with Gasteiger partial charge in [-0.25, -0.2) is 12.2 Å². The van der Waals surface area contributed by atoms with Crippen LogP contribution in [0.15, 0.2) is 85.0 Å². The average molecular weight is 447 g/mol. The summed E-state index contributed by atoms with van der Waals surface area (Å²) < 4.78 is 2.21. The fraction of sp³-hybridized carbons (Fsp3) is 0.0909. The number of hydrogen-bond donors (Lipinski definition) is 0. The van der Waals surface area contributed by atoms with E-state index in [4.69, 9.17) is 0 Å². The van der Waals surface area contributed by atoms with Gasteiger partial charge in [-0.2, -0.15) is 23.6 Å². The normalized spacial score (nSPS) is 10.5. The van der Waals surface area contributed by atoms with Crippen LogP contribution >= 0.6 is 0 Å². The fourth-order valence-electron chi connectivity index (χ4n) is 2.16. The van der Waals surface area contributed by atoms with E-state index in [9.17, 15) is 0 Å². The predicted octanol–water partition coefficient (Wildman–Crippen LogP) is -0.435. The number of benzene rings is 2. The van der Waals surface area contributed by atoms with Gasteiger partial charge in [-0.1, -0.05) is 6.07 Å². The van der Waals surface area contributed by atoms with Crippen molar-refractivity contribution in [3.63, 3.8) is 0 Å². The zero-order valence-corrected chi connectivity index (χ0v) is 18.1. The molecule has 0 nitrogen and oxygen atoms in total. The Hall–Kier alpha value is -1.14. The number of hydrogen-bond acceptors (Lipinski definition) is 0. The zero-order valence-electron chi connectivity index (χ0n) is 14.1.